The molecule has 2 nitrogen and oxygen atoms in total. The fourth-order valence-corrected chi connectivity index (χ4v) is 3.07. The van der Waals surface area contributed by atoms with Gasteiger partial charge in [-0.1, -0.05) is 91.0 Å². The molecule has 1 atom stereocenters. The maximum Gasteiger partial charge on any atom is 0.154 e. The van der Waals surface area contributed by atoms with Crippen molar-refractivity contribution in [2.24, 2.45) is 0 Å². The highest BCUT2D eigenvalue weighted by Gasteiger charge is 2.39. The van der Waals surface area contributed by atoms with Gasteiger partial charge >= 0.3 is 0 Å². The van der Waals surface area contributed by atoms with E-state index in [4.69, 9.17) is 4.74 Å². The van der Waals surface area contributed by atoms with Crippen LogP contribution in [0.25, 0.3) is 0 Å². The van der Waals surface area contributed by atoms with Gasteiger partial charge < -0.3 is 9.84 Å². The Bertz CT molecular complexity index is 705. The monoisotopic (exact) mass is 350 g/mol. The van der Waals surface area contributed by atoms with Gasteiger partial charge in [-0.2, -0.15) is 0 Å². The lowest BCUT2D eigenvalue weighted by Gasteiger charge is -2.37. The summed E-state index contributed by atoms with van der Waals surface area (Å²) >= 11 is 0. The Labute approximate surface area is 153 Å². The Hall–Kier alpha value is -2.49. The van der Waals surface area contributed by atoms with Gasteiger partial charge in [-0.05, 0) is 23.6 Å². The summed E-state index contributed by atoms with van der Waals surface area (Å²) in [6, 6.07) is 29.4. The van der Waals surface area contributed by atoms with Crippen molar-refractivity contribution in [3.8, 4) is 0 Å². The molecule has 0 heterocycles. The van der Waals surface area contributed by atoms with Gasteiger partial charge in [0.05, 0.1) is 13.2 Å². The number of alkyl halides is 1. The van der Waals surface area contributed by atoms with Crippen LogP contribution in [-0.4, -0.2) is 24.0 Å². The molecule has 3 heteroatoms. The van der Waals surface area contributed by atoms with Crippen molar-refractivity contribution in [1.82, 2.24) is 0 Å². The van der Waals surface area contributed by atoms with Gasteiger partial charge in [-0.15, -0.1) is 0 Å². The maximum atomic E-state index is 14.5. The predicted molar refractivity (Wildman–Crippen MR) is 102 cm³/mol. The second kappa shape index (κ2) is 7.81. The summed E-state index contributed by atoms with van der Waals surface area (Å²) in [6.07, 6.45) is 0. The van der Waals surface area contributed by atoms with Crippen LogP contribution in [0.4, 0.5) is 4.39 Å². The van der Waals surface area contributed by atoms with Gasteiger partial charge in [0.15, 0.2) is 5.67 Å². The SMILES string of the molecule is CC(F)(CO)COC(c1ccccc1)(c1ccccc1)c1ccccc1. The first-order valence-electron chi connectivity index (χ1n) is 8.69. The van der Waals surface area contributed by atoms with Crippen molar-refractivity contribution in [2.45, 2.75) is 18.2 Å². The number of aliphatic hydroxyl groups is 1. The van der Waals surface area contributed by atoms with E-state index >= 15 is 0 Å². The second-order valence-corrected chi connectivity index (χ2v) is 6.64. The molecule has 134 valence electrons. The van der Waals surface area contributed by atoms with Crippen LogP contribution >= 0.6 is 0 Å². The highest BCUT2D eigenvalue weighted by Crippen LogP contribution is 2.41. The fraction of sp³-hybridized carbons (Fsp3) is 0.217. The number of ether oxygens (including phenoxy) is 1. The summed E-state index contributed by atoms with van der Waals surface area (Å²) < 4.78 is 20.8. The normalized spacial score (nSPS) is 14.0. The van der Waals surface area contributed by atoms with Gasteiger partial charge in [0.25, 0.3) is 0 Å². The van der Waals surface area contributed by atoms with Crippen LogP contribution in [0.5, 0.6) is 0 Å². The average molecular weight is 350 g/mol. The molecule has 3 aromatic rings. The number of aliphatic hydroxyl groups excluding tert-OH is 1. The van der Waals surface area contributed by atoms with E-state index < -0.39 is 17.9 Å². The largest absolute Gasteiger partial charge is 0.393 e. The minimum atomic E-state index is -1.83. The predicted octanol–water partition coefficient (Wildman–Crippen LogP) is 4.72. The molecule has 0 saturated carbocycles. The third-order valence-electron chi connectivity index (χ3n) is 4.46. The zero-order valence-electron chi connectivity index (χ0n) is 14.8. The first-order valence-corrected chi connectivity index (χ1v) is 8.69. The Morgan fingerprint density at radius 1 is 0.731 bits per heavy atom. The Kier molecular flexibility index (Phi) is 5.50. The molecule has 0 spiro atoms. The Morgan fingerprint density at radius 3 is 1.38 bits per heavy atom. The number of hydrogen-bond acceptors (Lipinski definition) is 2. The highest BCUT2D eigenvalue weighted by atomic mass is 19.1. The van der Waals surface area contributed by atoms with Crippen LogP contribution < -0.4 is 0 Å². The zero-order valence-corrected chi connectivity index (χ0v) is 14.8. The summed E-state index contributed by atoms with van der Waals surface area (Å²) in [4.78, 5) is 0. The molecule has 0 amide bonds. The van der Waals surface area contributed by atoms with Crippen molar-refractivity contribution < 1.29 is 14.2 Å². The van der Waals surface area contributed by atoms with Crippen LogP contribution in [0, 0.1) is 0 Å². The van der Waals surface area contributed by atoms with Crippen molar-refractivity contribution in [2.75, 3.05) is 13.2 Å². The lowest BCUT2D eigenvalue weighted by molar-refractivity contribution is -0.0653. The van der Waals surface area contributed by atoms with Gasteiger partial charge in [0.2, 0.25) is 0 Å². The van der Waals surface area contributed by atoms with Gasteiger partial charge in [-0.25, -0.2) is 4.39 Å². The molecule has 3 aromatic carbocycles. The van der Waals surface area contributed by atoms with E-state index in [-0.39, 0.29) is 6.61 Å². The van der Waals surface area contributed by atoms with E-state index in [0.29, 0.717) is 0 Å². The smallest absolute Gasteiger partial charge is 0.154 e. The summed E-state index contributed by atoms with van der Waals surface area (Å²) in [5.74, 6) is 0. The fourth-order valence-electron chi connectivity index (χ4n) is 3.07. The third-order valence-corrected chi connectivity index (χ3v) is 4.46. The molecule has 1 N–H and O–H groups in total. The lowest BCUT2D eigenvalue weighted by Crippen LogP contribution is -2.39. The standard InChI is InChI=1S/C23H23FO2/c1-22(24,17-25)18-26-23(19-11-5-2-6-12-19,20-13-7-3-8-14-20)21-15-9-4-10-16-21/h2-16,25H,17-18H2,1H3. The first kappa shape index (κ1) is 18.3. The molecule has 0 saturated heterocycles. The molecule has 1 unspecified atom stereocenters. The molecule has 0 bridgehead atoms. The average Bonchev–Trinajstić information content (AvgIpc) is 2.71. The van der Waals surface area contributed by atoms with Crippen molar-refractivity contribution in [1.29, 1.82) is 0 Å². The van der Waals surface area contributed by atoms with E-state index in [1.807, 2.05) is 91.0 Å². The van der Waals surface area contributed by atoms with Crippen LogP contribution in [0.1, 0.15) is 23.6 Å². The van der Waals surface area contributed by atoms with Crippen molar-refractivity contribution in [3.63, 3.8) is 0 Å². The molecular weight excluding hydrogens is 327 g/mol. The quantitative estimate of drug-likeness (QED) is 0.625. The minimum Gasteiger partial charge on any atom is -0.393 e. The number of benzene rings is 3. The van der Waals surface area contributed by atoms with E-state index in [1.54, 1.807) is 0 Å². The topological polar surface area (TPSA) is 29.5 Å². The van der Waals surface area contributed by atoms with Crippen LogP contribution in [0.2, 0.25) is 0 Å². The molecule has 0 radical (unpaired) electrons. The van der Waals surface area contributed by atoms with Crippen LogP contribution in [0.15, 0.2) is 91.0 Å². The van der Waals surface area contributed by atoms with E-state index in [1.165, 1.54) is 6.92 Å². The van der Waals surface area contributed by atoms with Crippen molar-refractivity contribution >= 4 is 0 Å². The summed E-state index contributed by atoms with van der Waals surface area (Å²) in [5.41, 5.74) is -0.0704. The Balaban J connectivity index is 2.21. The number of halogens is 1. The zero-order chi connectivity index (χ0) is 18.5. The number of rotatable bonds is 7. The Morgan fingerprint density at radius 2 is 1.08 bits per heavy atom. The number of hydrogen-bond donors (Lipinski definition) is 1. The second-order valence-electron chi connectivity index (χ2n) is 6.64. The molecule has 0 aromatic heterocycles. The van der Waals surface area contributed by atoms with Crippen LogP contribution in [0.3, 0.4) is 0 Å². The van der Waals surface area contributed by atoms with Gasteiger partial charge in [-0.3, -0.25) is 0 Å². The lowest BCUT2D eigenvalue weighted by atomic mass is 9.80. The summed E-state index contributed by atoms with van der Waals surface area (Å²) in [7, 11) is 0. The molecule has 0 aliphatic heterocycles. The van der Waals surface area contributed by atoms with E-state index in [0.717, 1.165) is 16.7 Å². The molecule has 0 aliphatic rings. The first-order chi connectivity index (χ1) is 12.6. The molecule has 0 aliphatic carbocycles. The molecule has 26 heavy (non-hydrogen) atoms. The van der Waals surface area contributed by atoms with Gasteiger partial charge in [0, 0.05) is 0 Å². The van der Waals surface area contributed by atoms with Crippen molar-refractivity contribution in [3.05, 3.63) is 108 Å². The maximum absolute atomic E-state index is 14.5. The third kappa shape index (κ3) is 3.69. The molecule has 3 rings (SSSR count). The van der Waals surface area contributed by atoms with Gasteiger partial charge in [0.1, 0.15) is 5.60 Å². The molecular formula is C23H23FO2. The molecule has 0 fully saturated rings. The van der Waals surface area contributed by atoms with E-state index in [9.17, 15) is 9.50 Å². The highest BCUT2D eigenvalue weighted by molar-refractivity contribution is 5.47. The summed E-state index contributed by atoms with van der Waals surface area (Å²) in [6.45, 7) is 0.516. The van der Waals surface area contributed by atoms with E-state index in [2.05, 4.69) is 0 Å². The van der Waals surface area contributed by atoms with Crippen LogP contribution in [-0.2, 0) is 10.3 Å². The minimum absolute atomic E-state index is 0.234. The summed E-state index contributed by atoms with van der Waals surface area (Å²) in [5, 5.41) is 9.35.